The maximum Gasteiger partial charge on any atom is 0.413 e. The fourth-order valence-electron chi connectivity index (χ4n) is 3.71. The zero-order valence-electron chi connectivity index (χ0n) is 17.3. The normalized spacial score (nSPS) is 12.0. The largest absolute Gasteiger partial charge is 0.481 e. The maximum absolute atomic E-state index is 12.4. The molecular formula is C23H21N3O5S. The number of aromatic nitrogens is 1. The number of carboxylic acid groups (broad SMARTS) is 1. The molecule has 2 aromatic carbocycles. The minimum absolute atomic E-state index is 0.0514. The van der Waals surface area contributed by atoms with Crippen LogP contribution in [0.1, 0.15) is 33.1 Å². The Morgan fingerprint density at radius 3 is 2.34 bits per heavy atom. The van der Waals surface area contributed by atoms with Crippen molar-refractivity contribution in [1.82, 2.24) is 9.88 Å². The van der Waals surface area contributed by atoms with Crippen molar-refractivity contribution < 1.29 is 24.2 Å². The van der Waals surface area contributed by atoms with E-state index in [-0.39, 0.29) is 36.5 Å². The van der Waals surface area contributed by atoms with Gasteiger partial charge in [-0.3, -0.25) is 14.9 Å². The second-order valence-corrected chi connectivity index (χ2v) is 8.38. The number of aliphatic carboxylic acids is 1. The molecule has 1 aliphatic rings. The van der Waals surface area contributed by atoms with Gasteiger partial charge in [0.2, 0.25) is 0 Å². The Hall–Kier alpha value is -3.72. The number of carbonyl (C=O) groups excluding carboxylic acids is 2. The number of anilines is 1. The molecule has 32 heavy (non-hydrogen) atoms. The number of fused-ring (bicyclic) bond motifs is 3. The van der Waals surface area contributed by atoms with E-state index in [1.165, 1.54) is 18.1 Å². The second-order valence-electron chi connectivity index (χ2n) is 7.35. The fourth-order valence-corrected chi connectivity index (χ4v) is 4.50. The molecule has 0 atom stereocenters. The molecule has 3 aromatic rings. The van der Waals surface area contributed by atoms with E-state index in [9.17, 15) is 14.4 Å². The minimum atomic E-state index is -0.980. The number of hydrogen-bond donors (Lipinski definition) is 2. The molecule has 0 saturated carbocycles. The van der Waals surface area contributed by atoms with Gasteiger partial charge in [0, 0.05) is 19.5 Å². The van der Waals surface area contributed by atoms with E-state index in [4.69, 9.17) is 9.84 Å². The summed E-state index contributed by atoms with van der Waals surface area (Å²) in [5.41, 5.74) is 4.53. The molecule has 1 aromatic heterocycles. The van der Waals surface area contributed by atoms with Gasteiger partial charge < -0.3 is 14.7 Å². The number of nitrogens with one attached hydrogen (secondary N) is 1. The predicted molar refractivity (Wildman–Crippen MR) is 120 cm³/mol. The van der Waals surface area contributed by atoms with Gasteiger partial charge in [-0.25, -0.2) is 9.78 Å². The lowest BCUT2D eigenvalue weighted by Gasteiger charge is -2.14. The SMILES string of the molecule is CN(CCC(=O)O)C(=O)c1cnc(NC(=O)OCC2c3ccccc3-c3ccccc32)s1. The van der Waals surface area contributed by atoms with Gasteiger partial charge in [-0.15, -0.1) is 0 Å². The Bertz CT molecular complexity index is 1130. The fraction of sp³-hybridized carbons (Fsp3) is 0.217. The molecule has 1 aliphatic carbocycles. The molecule has 1 heterocycles. The topological polar surface area (TPSA) is 109 Å². The number of benzene rings is 2. The molecule has 4 rings (SSSR count). The van der Waals surface area contributed by atoms with Crippen LogP contribution in [0.25, 0.3) is 11.1 Å². The van der Waals surface area contributed by atoms with Gasteiger partial charge in [0.15, 0.2) is 5.13 Å². The van der Waals surface area contributed by atoms with Crippen LogP contribution in [0, 0.1) is 0 Å². The van der Waals surface area contributed by atoms with E-state index in [1.54, 1.807) is 0 Å². The van der Waals surface area contributed by atoms with Crippen LogP contribution in [0.3, 0.4) is 0 Å². The van der Waals surface area contributed by atoms with Crippen molar-refractivity contribution in [3.63, 3.8) is 0 Å². The average molecular weight is 452 g/mol. The predicted octanol–water partition coefficient (Wildman–Crippen LogP) is 4.05. The summed E-state index contributed by atoms with van der Waals surface area (Å²) >= 11 is 1.01. The molecule has 0 bridgehead atoms. The molecule has 0 unspecified atom stereocenters. The van der Waals surface area contributed by atoms with Gasteiger partial charge in [0.25, 0.3) is 5.91 Å². The van der Waals surface area contributed by atoms with Crippen molar-refractivity contribution in [2.75, 3.05) is 25.5 Å². The summed E-state index contributed by atoms with van der Waals surface area (Å²) in [6, 6.07) is 16.1. The van der Waals surface area contributed by atoms with Crippen molar-refractivity contribution >= 4 is 34.4 Å². The Balaban J connectivity index is 1.36. The Morgan fingerprint density at radius 2 is 1.72 bits per heavy atom. The zero-order valence-corrected chi connectivity index (χ0v) is 18.1. The van der Waals surface area contributed by atoms with Crippen molar-refractivity contribution in [3.05, 3.63) is 70.7 Å². The van der Waals surface area contributed by atoms with Crippen LogP contribution in [-0.4, -0.2) is 53.2 Å². The first-order chi connectivity index (χ1) is 15.4. The van der Waals surface area contributed by atoms with E-state index in [2.05, 4.69) is 22.4 Å². The van der Waals surface area contributed by atoms with E-state index < -0.39 is 12.1 Å². The Labute approximate surface area is 188 Å². The molecule has 9 heteroatoms. The van der Waals surface area contributed by atoms with Gasteiger partial charge in [-0.2, -0.15) is 0 Å². The van der Waals surface area contributed by atoms with Crippen LogP contribution in [0.15, 0.2) is 54.7 Å². The van der Waals surface area contributed by atoms with Crippen LogP contribution in [0.2, 0.25) is 0 Å². The van der Waals surface area contributed by atoms with E-state index in [0.29, 0.717) is 4.88 Å². The quantitative estimate of drug-likeness (QED) is 0.561. The summed E-state index contributed by atoms with van der Waals surface area (Å²) in [4.78, 5) is 41.0. The smallest absolute Gasteiger partial charge is 0.413 e. The lowest BCUT2D eigenvalue weighted by Crippen LogP contribution is -2.28. The van der Waals surface area contributed by atoms with Gasteiger partial charge in [-0.05, 0) is 22.3 Å². The zero-order chi connectivity index (χ0) is 22.7. The molecule has 2 amide bonds. The average Bonchev–Trinajstić information content (AvgIpc) is 3.38. The van der Waals surface area contributed by atoms with Crippen molar-refractivity contribution in [3.8, 4) is 11.1 Å². The molecular weight excluding hydrogens is 430 g/mol. The standard InChI is InChI=1S/C23H21N3O5S/c1-26(11-10-20(27)28)21(29)19-12-24-22(32-19)25-23(30)31-13-18-16-8-4-2-6-14(16)15-7-3-5-9-17(15)18/h2-9,12,18H,10-11,13H2,1H3,(H,27,28)(H,24,25,30). The maximum atomic E-state index is 12.4. The van der Waals surface area contributed by atoms with Gasteiger partial charge in [0.05, 0.1) is 12.6 Å². The highest BCUT2D eigenvalue weighted by Gasteiger charge is 2.29. The highest BCUT2D eigenvalue weighted by Crippen LogP contribution is 2.44. The third-order valence-electron chi connectivity index (χ3n) is 5.28. The van der Waals surface area contributed by atoms with Crippen LogP contribution in [0.5, 0.6) is 0 Å². The van der Waals surface area contributed by atoms with Crippen molar-refractivity contribution in [2.45, 2.75) is 12.3 Å². The van der Waals surface area contributed by atoms with Crippen molar-refractivity contribution in [2.24, 2.45) is 0 Å². The third-order valence-corrected chi connectivity index (χ3v) is 6.18. The van der Waals surface area contributed by atoms with Crippen LogP contribution < -0.4 is 5.32 Å². The van der Waals surface area contributed by atoms with E-state index >= 15 is 0 Å². The molecule has 0 saturated heterocycles. The van der Waals surface area contributed by atoms with Gasteiger partial charge >= 0.3 is 12.1 Å². The third kappa shape index (κ3) is 4.47. The van der Waals surface area contributed by atoms with Crippen LogP contribution >= 0.6 is 11.3 Å². The number of rotatable bonds is 7. The van der Waals surface area contributed by atoms with Crippen molar-refractivity contribution in [1.29, 1.82) is 0 Å². The molecule has 8 nitrogen and oxygen atoms in total. The second kappa shape index (κ2) is 9.19. The Kier molecular flexibility index (Phi) is 6.18. The van der Waals surface area contributed by atoms with E-state index in [0.717, 1.165) is 33.6 Å². The lowest BCUT2D eigenvalue weighted by atomic mass is 9.98. The number of carboxylic acids is 1. The van der Waals surface area contributed by atoms with Crippen LogP contribution in [-0.2, 0) is 9.53 Å². The molecule has 164 valence electrons. The first-order valence-corrected chi connectivity index (χ1v) is 10.8. The highest BCUT2D eigenvalue weighted by molar-refractivity contribution is 7.17. The lowest BCUT2D eigenvalue weighted by molar-refractivity contribution is -0.137. The molecule has 0 aliphatic heterocycles. The number of hydrogen-bond acceptors (Lipinski definition) is 6. The molecule has 2 N–H and O–H groups in total. The first kappa shape index (κ1) is 21.5. The first-order valence-electron chi connectivity index (χ1n) is 9.99. The summed E-state index contributed by atoms with van der Waals surface area (Å²) < 4.78 is 5.48. The monoisotopic (exact) mass is 451 g/mol. The summed E-state index contributed by atoms with van der Waals surface area (Å²) in [5.74, 6) is -1.39. The number of ether oxygens (including phenoxy) is 1. The van der Waals surface area contributed by atoms with Gasteiger partial charge in [0.1, 0.15) is 11.5 Å². The molecule has 0 radical (unpaired) electrons. The summed E-state index contributed by atoms with van der Waals surface area (Å²) in [6.07, 6.45) is 0.550. The molecule has 0 spiro atoms. The van der Waals surface area contributed by atoms with Crippen LogP contribution in [0.4, 0.5) is 9.93 Å². The number of amides is 2. The summed E-state index contributed by atoms with van der Waals surface area (Å²) in [6.45, 7) is 0.260. The molecule has 0 fully saturated rings. The highest BCUT2D eigenvalue weighted by atomic mass is 32.1. The summed E-state index contributed by atoms with van der Waals surface area (Å²) in [7, 11) is 1.52. The number of nitrogens with zero attached hydrogens (tertiary/aromatic N) is 2. The van der Waals surface area contributed by atoms with E-state index in [1.807, 2.05) is 36.4 Å². The number of carbonyl (C=O) groups is 3. The Morgan fingerprint density at radius 1 is 1.09 bits per heavy atom. The summed E-state index contributed by atoms with van der Waals surface area (Å²) in [5, 5.41) is 11.5. The minimum Gasteiger partial charge on any atom is -0.481 e. The number of thiazole rings is 1. The van der Waals surface area contributed by atoms with Gasteiger partial charge in [-0.1, -0.05) is 59.9 Å².